The summed E-state index contributed by atoms with van der Waals surface area (Å²) in [5.41, 5.74) is -0.466. The van der Waals surface area contributed by atoms with Gasteiger partial charge in [-0.25, -0.2) is 0 Å². The molecule has 1 rings (SSSR count). The highest BCUT2D eigenvalue weighted by Crippen LogP contribution is 2.13. The third-order valence-corrected chi connectivity index (χ3v) is 4.77. The molecule has 1 saturated heterocycles. The van der Waals surface area contributed by atoms with Gasteiger partial charge in [0.25, 0.3) is 0 Å². The van der Waals surface area contributed by atoms with E-state index >= 15 is 0 Å². The molecular weight excluding hydrogens is 488 g/mol. The summed E-state index contributed by atoms with van der Waals surface area (Å²) in [6.45, 7) is 13.7. The molecule has 0 saturated carbocycles. The zero-order valence-corrected chi connectivity index (χ0v) is 23.2. The van der Waals surface area contributed by atoms with Gasteiger partial charge in [-0.1, -0.05) is 0 Å². The van der Waals surface area contributed by atoms with E-state index in [0.29, 0.717) is 99.1 Å². The summed E-state index contributed by atoms with van der Waals surface area (Å²) in [7, 11) is 0. The van der Waals surface area contributed by atoms with Crippen LogP contribution in [0.5, 0.6) is 0 Å². The zero-order chi connectivity index (χ0) is 26.9. The largest absolute Gasteiger partial charge is 0.460 e. The molecule has 0 aromatic heterocycles. The molecule has 1 aliphatic heterocycles. The van der Waals surface area contributed by atoms with Crippen molar-refractivity contribution in [2.24, 2.45) is 0 Å². The summed E-state index contributed by atoms with van der Waals surface area (Å²) in [4.78, 5) is 11.5. The molecule has 1 fully saturated rings. The van der Waals surface area contributed by atoms with Crippen molar-refractivity contribution in [2.75, 3.05) is 106 Å². The molecule has 220 valence electrons. The Hall–Kier alpha value is -0.890. The van der Waals surface area contributed by atoms with Crippen LogP contribution in [0.15, 0.2) is 0 Å². The smallest absolute Gasteiger partial charge is 0.308 e. The summed E-state index contributed by atoms with van der Waals surface area (Å²) < 4.78 is 54.3. The lowest BCUT2D eigenvalue weighted by atomic mass is 10.2. The third-order valence-electron chi connectivity index (χ3n) is 4.77. The van der Waals surface area contributed by atoms with E-state index < -0.39 is 5.60 Å². The second kappa shape index (κ2) is 24.2. The van der Waals surface area contributed by atoms with Crippen LogP contribution in [-0.4, -0.2) is 124 Å². The van der Waals surface area contributed by atoms with Gasteiger partial charge in [0.2, 0.25) is 0 Å². The molecule has 1 unspecified atom stereocenters. The average Bonchev–Trinajstić information content (AvgIpc) is 2.86. The van der Waals surface area contributed by atoms with E-state index in [1.807, 2.05) is 20.8 Å². The molecule has 0 aromatic carbocycles. The van der Waals surface area contributed by atoms with Crippen LogP contribution < -0.4 is 0 Å². The molecule has 11 nitrogen and oxygen atoms in total. The zero-order valence-electron chi connectivity index (χ0n) is 23.2. The Kier molecular flexibility index (Phi) is 22.3. The lowest BCUT2D eigenvalue weighted by molar-refractivity contribution is -0.169. The number of carbonyl (C=O) groups is 1. The first kappa shape index (κ1) is 34.1. The van der Waals surface area contributed by atoms with Crippen molar-refractivity contribution < 1.29 is 52.2 Å². The normalized spacial score (nSPS) is 16.2. The standard InChI is InChI=1S/C26H50O11/c1-26(2,3)37-24(27)7-9-28-10-11-29-12-13-30-14-15-31-16-17-32-18-19-33-20-21-34-22-23-36-25-6-4-5-8-35-25/h25H,4-23H2,1-3H3. The van der Waals surface area contributed by atoms with Crippen LogP contribution in [0.1, 0.15) is 46.5 Å². The van der Waals surface area contributed by atoms with E-state index in [1.165, 1.54) is 0 Å². The van der Waals surface area contributed by atoms with Crippen LogP contribution in [0.3, 0.4) is 0 Å². The molecule has 11 heteroatoms. The number of carbonyl (C=O) groups excluding carboxylic acids is 1. The maximum atomic E-state index is 11.5. The highest BCUT2D eigenvalue weighted by molar-refractivity contribution is 5.69. The van der Waals surface area contributed by atoms with Crippen molar-refractivity contribution in [1.29, 1.82) is 0 Å². The van der Waals surface area contributed by atoms with E-state index in [0.717, 1.165) is 25.9 Å². The van der Waals surface area contributed by atoms with Crippen LogP contribution in [0.2, 0.25) is 0 Å². The molecule has 1 aliphatic rings. The van der Waals surface area contributed by atoms with Gasteiger partial charge in [0.1, 0.15) is 5.60 Å². The monoisotopic (exact) mass is 538 g/mol. The minimum Gasteiger partial charge on any atom is -0.460 e. The second-order valence-electron chi connectivity index (χ2n) is 9.29. The van der Waals surface area contributed by atoms with Gasteiger partial charge in [0.05, 0.1) is 106 Å². The van der Waals surface area contributed by atoms with E-state index in [9.17, 15) is 4.79 Å². The number of ether oxygens (including phenoxy) is 10. The summed E-state index contributed by atoms with van der Waals surface area (Å²) >= 11 is 0. The highest BCUT2D eigenvalue weighted by atomic mass is 16.7. The molecular formula is C26H50O11. The molecule has 0 radical (unpaired) electrons. The van der Waals surface area contributed by atoms with Gasteiger partial charge < -0.3 is 47.4 Å². The van der Waals surface area contributed by atoms with Crippen molar-refractivity contribution in [3.63, 3.8) is 0 Å². The van der Waals surface area contributed by atoms with Gasteiger partial charge in [-0.05, 0) is 40.0 Å². The summed E-state index contributed by atoms with van der Waals surface area (Å²) in [5, 5.41) is 0. The van der Waals surface area contributed by atoms with Gasteiger partial charge >= 0.3 is 5.97 Å². The van der Waals surface area contributed by atoms with Crippen LogP contribution in [0, 0.1) is 0 Å². The Morgan fingerprint density at radius 1 is 0.622 bits per heavy atom. The van der Waals surface area contributed by atoms with Crippen molar-refractivity contribution >= 4 is 5.97 Å². The van der Waals surface area contributed by atoms with Gasteiger partial charge in [-0.3, -0.25) is 4.79 Å². The Bertz CT molecular complexity index is 507. The number of rotatable bonds is 25. The summed E-state index contributed by atoms with van der Waals surface area (Å²) in [6, 6.07) is 0. The molecule has 0 spiro atoms. The molecule has 0 aromatic rings. The first-order valence-electron chi connectivity index (χ1n) is 13.5. The van der Waals surface area contributed by atoms with Gasteiger partial charge in [0.15, 0.2) is 6.29 Å². The molecule has 37 heavy (non-hydrogen) atoms. The Balaban J connectivity index is 1.65. The SMILES string of the molecule is CC(C)(C)OC(=O)CCOCCOCCOCCOCCOCCOCCOCCOC1CCCCO1. The number of hydrogen-bond acceptors (Lipinski definition) is 11. The topological polar surface area (TPSA) is 109 Å². The molecule has 1 atom stereocenters. The third kappa shape index (κ3) is 25.2. The Morgan fingerprint density at radius 3 is 1.41 bits per heavy atom. The number of hydrogen-bond donors (Lipinski definition) is 0. The van der Waals surface area contributed by atoms with Crippen molar-refractivity contribution in [3.05, 3.63) is 0 Å². The molecule has 0 bridgehead atoms. The second-order valence-corrected chi connectivity index (χ2v) is 9.29. The van der Waals surface area contributed by atoms with Crippen LogP contribution >= 0.6 is 0 Å². The fourth-order valence-electron chi connectivity index (χ4n) is 3.05. The predicted molar refractivity (Wildman–Crippen MR) is 136 cm³/mol. The van der Waals surface area contributed by atoms with Crippen LogP contribution in [0.4, 0.5) is 0 Å². The Morgan fingerprint density at radius 2 is 1.03 bits per heavy atom. The van der Waals surface area contributed by atoms with Crippen molar-refractivity contribution in [2.45, 2.75) is 58.3 Å². The van der Waals surface area contributed by atoms with E-state index in [2.05, 4.69) is 0 Å². The lowest BCUT2D eigenvalue weighted by Crippen LogP contribution is -2.24. The van der Waals surface area contributed by atoms with E-state index in [4.69, 9.17) is 47.4 Å². The fourth-order valence-corrected chi connectivity index (χ4v) is 3.05. The van der Waals surface area contributed by atoms with E-state index in [1.54, 1.807) is 0 Å². The number of esters is 1. The average molecular weight is 539 g/mol. The van der Waals surface area contributed by atoms with Gasteiger partial charge in [0, 0.05) is 6.61 Å². The Labute approximate surface area is 222 Å². The van der Waals surface area contributed by atoms with Crippen molar-refractivity contribution in [3.8, 4) is 0 Å². The minimum absolute atomic E-state index is 0.0656. The van der Waals surface area contributed by atoms with Crippen LogP contribution in [-0.2, 0) is 52.2 Å². The van der Waals surface area contributed by atoms with Crippen molar-refractivity contribution in [1.82, 2.24) is 0 Å². The maximum Gasteiger partial charge on any atom is 0.308 e. The van der Waals surface area contributed by atoms with Gasteiger partial charge in [-0.15, -0.1) is 0 Å². The molecule has 0 amide bonds. The van der Waals surface area contributed by atoms with Gasteiger partial charge in [-0.2, -0.15) is 0 Å². The first-order valence-corrected chi connectivity index (χ1v) is 13.5. The molecule has 1 heterocycles. The minimum atomic E-state index is -0.466. The van der Waals surface area contributed by atoms with E-state index in [-0.39, 0.29) is 18.7 Å². The predicted octanol–water partition coefficient (Wildman–Crippen LogP) is 2.38. The maximum absolute atomic E-state index is 11.5. The lowest BCUT2D eigenvalue weighted by Gasteiger charge is -2.22. The highest BCUT2D eigenvalue weighted by Gasteiger charge is 2.15. The molecule has 0 N–H and O–H groups in total. The first-order chi connectivity index (χ1) is 18.0. The quantitative estimate of drug-likeness (QED) is 0.126. The summed E-state index contributed by atoms with van der Waals surface area (Å²) in [5.74, 6) is -0.260. The molecule has 0 aliphatic carbocycles. The fraction of sp³-hybridized carbons (Fsp3) is 0.962. The summed E-state index contributed by atoms with van der Waals surface area (Å²) in [6.07, 6.45) is 3.43. The van der Waals surface area contributed by atoms with Crippen LogP contribution in [0.25, 0.3) is 0 Å².